The number of aromatic nitrogens is 2. The summed E-state index contributed by atoms with van der Waals surface area (Å²) < 4.78 is 22.5. The minimum absolute atomic E-state index is 0.228. The largest absolute Gasteiger partial charge is 0.444 e. The van der Waals surface area contributed by atoms with Gasteiger partial charge in [-0.2, -0.15) is 5.10 Å². The Hall–Kier alpha value is -3.58. The van der Waals surface area contributed by atoms with Gasteiger partial charge in [0.2, 0.25) is 5.82 Å². The molecule has 5 rings (SSSR count). The lowest BCUT2D eigenvalue weighted by Gasteiger charge is -2.35. The Morgan fingerprint density at radius 2 is 1.92 bits per heavy atom. The molecule has 8 nitrogen and oxygen atoms in total. The molecule has 1 atom stereocenters. The van der Waals surface area contributed by atoms with Crippen molar-refractivity contribution < 1.29 is 18.7 Å². The number of alkyl halides is 1. The Morgan fingerprint density at radius 3 is 2.50 bits per heavy atom. The van der Waals surface area contributed by atoms with Crippen LogP contribution in [-0.2, 0) is 21.6 Å². The highest BCUT2D eigenvalue weighted by atomic mass is 19.1. The van der Waals surface area contributed by atoms with E-state index in [-0.39, 0.29) is 11.9 Å². The first-order valence-electron chi connectivity index (χ1n) is 12.3. The number of carbonyl (C=O) groups is 1. The number of carbonyl (C=O) groups excluding carboxylic acids is 2. The molecule has 1 aromatic carbocycles. The van der Waals surface area contributed by atoms with Gasteiger partial charge >= 0.3 is 6.09 Å². The molecule has 1 amide bonds. The molecular weight excluding hydrogens is 461 g/mol. The third-order valence-electron chi connectivity index (χ3n) is 6.98. The molecule has 2 aromatic rings. The van der Waals surface area contributed by atoms with Gasteiger partial charge in [-0.1, -0.05) is 0 Å². The first-order chi connectivity index (χ1) is 16.9. The Labute approximate surface area is 210 Å². The van der Waals surface area contributed by atoms with E-state index < -0.39 is 17.4 Å². The van der Waals surface area contributed by atoms with Crippen LogP contribution in [0.25, 0.3) is 5.69 Å². The molecule has 9 heteroatoms. The molecule has 1 N–H and O–H groups in total. The van der Waals surface area contributed by atoms with E-state index in [1.165, 1.54) is 0 Å². The van der Waals surface area contributed by atoms with Crippen molar-refractivity contribution in [3.05, 3.63) is 58.3 Å². The summed E-state index contributed by atoms with van der Waals surface area (Å²) in [4.78, 5) is 28.2. The van der Waals surface area contributed by atoms with Crippen LogP contribution >= 0.6 is 0 Å². The second-order valence-electron chi connectivity index (χ2n) is 10.9. The zero-order valence-electron chi connectivity index (χ0n) is 21.6. The number of hydrogen-bond acceptors (Lipinski definition) is 6. The van der Waals surface area contributed by atoms with Gasteiger partial charge in [0.15, 0.2) is 5.94 Å². The van der Waals surface area contributed by atoms with E-state index in [0.717, 1.165) is 33.6 Å². The fourth-order valence-electron chi connectivity index (χ4n) is 5.35. The van der Waals surface area contributed by atoms with Gasteiger partial charge in [0.25, 0.3) is 0 Å². The monoisotopic (exact) mass is 493 g/mol. The quantitative estimate of drug-likeness (QED) is 0.616. The second kappa shape index (κ2) is 8.23. The molecular formula is C27H32FN5O3. The summed E-state index contributed by atoms with van der Waals surface area (Å²) in [5.41, 5.74) is 3.07. The number of ether oxygens (including phenoxy) is 1. The lowest BCUT2D eigenvalue weighted by atomic mass is 9.96. The van der Waals surface area contributed by atoms with Crippen LogP contribution in [0, 0.1) is 13.8 Å². The van der Waals surface area contributed by atoms with Crippen LogP contribution in [0.4, 0.5) is 15.0 Å². The van der Waals surface area contributed by atoms with Gasteiger partial charge in [-0.25, -0.2) is 18.7 Å². The van der Waals surface area contributed by atoms with Crippen molar-refractivity contribution in [2.75, 3.05) is 11.4 Å². The molecule has 1 saturated carbocycles. The molecule has 0 bridgehead atoms. The van der Waals surface area contributed by atoms with Crippen molar-refractivity contribution in [3.8, 4) is 5.69 Å². The number of amides is 1. The highest BCUT2D eigenvalue weighted by molar-refractivity contribution is 5.74. The topological polar surface area (TPSA) is 79.7 Å². The Morgan fingerprint density at radius 1 is 1.25 bits per heavy atom. The van der Waals surface area contributed by atoms with Gasteiger partial charge in [0, 0.05) is 30.9 Å². The molecule has 1 fully saturated rings. The maximum absolute atomic E-state index is 15.0. The van der Waals surface area contributed by atoms with Crippen LogP contribution < -0.4 is 10.2 Å². The van der Waals surface area contributed by atoms with E-state index in [2.05, 4.69) is 5.32 Å². The number of nitrogens with one attached hydrogen (secondary N) is 1. The summed E-state index contributed by atoms with van der Waals surface area (Å²) in [5.74, 6) is 2.82. The number of halogens is 1. The predicted octanol–water partition coefficient (Wildman–Crippen LogP) is 4.86. The summed E-state index contributed by atoms with van der Waals surface area (Å²) in [6.45, 7) is 11.8. The third-order valence-corrected chi connectivity index (χ3v) is 6.98. The normalized spacial score (nSPS) is 20.2. The molecule has 0 unspecified atom stereocenters. The third kappa shape index (κ3) is 3.97. The summed E-state index contributed by atoms with van der Waals surface area (Å²) in [7, 11) is 0. The molecule has 0 spiro atoms. The molecule has 1 aromatic heterocycles. The van der Waals surface area contributed by atoms with Gasteiger partial charge in [-0.05, 0) is 83.2 Å². The van der Waals surface area contributed by atoms with E-state index >= 15 is 4.39 Å². The van der Waals surface area contributed by atoms with E-state index in [9.17, 15) is 9.59 Å². The average molecular weight is 494 g/mol. The van der Waals surface area contributed by atoms with E-state index in [4.69, 9.17) is 9.84 Å². The summed E-state index contributed by atoms with van der Waals surface area (Å²) >= 11 is 0. The van der Waals surface area contributed by atoms with Crippen molar-refractivity contribution in [1.29, 1.82) is 0 Å². The van der Waals surface area contributed by atoms with Crippen molar-refractivity contribution >= 4 is 17.9 Å². The molecule has 3 heterocycles. The van der Waals surface area contributed by atoms with Gasteiger partial charge in [-0.3, -0.25) is 4.90 Å². The Kier molecular flexibility index (Phi) is 5.52. The number of aryl methyl sites for hydroxylation is 2. The first-order valence-corrected chi connectivity index (χ1v) is 12.3. The van der Waals surface area contributed by atoms with E-state index in [0.29, 0.717) is 31.6 Å². The molecule has 1 aliphatic carbocycles. The lowest BCUT2D eigenvalue weighted by molar-refractivity contribution is 0.0160. The Balaban J connectivity index is 1.65. The molecule has 3 aliphatic rings. The second-order valence-corrected chi connectivity index (χ2v) is 10.9. The summed E-state index contributed by atoms with van der Waals surface area (Å²) in [5, 5.41) is 7.85. The van der Waals surface area contributed by atoms with Gasteiger partial charge in [-0.15, -0.1) is 0 Å². The number of benzene rings is 1. The van der Waals surface area contributed by atoms with Gasteiger partial charge < -0.3 is 15.0 Å². The van der Waals surface area contributed by atoms with Crippen LogP contribution in [0.1, 0.15) is 74.5 Å². The molecule has 2 aliphatic heterocycles. The average Bonchev–Trinajstić information content (AvgIpc) is 3.20. The van der Waals surface area contributed by atoms with Crippen molar-refractivity contribution in [2.24, 2.45) is 0 Å². The highest BCUT2D eigenvalue weighted by Gasteiger charge is 2.47. The minimum Gasteiger partial charge on any atom is -0.444 e. The van der Waals surface area contributed by atoms with Crippen LogP contribution in [0.5, 0.6) is 0 Å². The molecule has 36 heavy (non-hydrogen) atoms. The Bertz CT molecular complexity index is 1300. The van der Waals surface area contributed by atoms with Gasteiger partial charge in [0.1, 0.15) is 17.1 Å². The first kappa shape index (κ1) is 24.1. The fraction of sp³-hybridized carbons (Fsp3) is 0.481. The number of anilines is 1. The molecule has 0 saturated heterocycles. The lowest BCUT2D eigenvalue weighted by Crippen LogP contribution is -2.42. The molecule has 0 radical (unpaired) electrons. The summed E-state index contributed by atoms with van der Waals surface area (Å²) in [6.07, 6.45) is 4.63. The zero-order chi connectivity index (χ0) is 26.0. The maximum atomic E-state index is 15.0. The number of rotatable bonds is 3. The predicted molar refractivity (Wildman–Crippen MR) is 134 cm³/mol. The van der Waals surface area contributed by atoms with Crippen LogP contribution in [-0.4, -0.2) is 38.9 Å². The van der Waals surface area contributed by atoms with Crippen LogP contribution in [0.3, 0.4) is 0 Å². The summed E-state index contributed by atoms with van der Waals surface area (Å²) in [6, 6.07) is 3.53. The van der Waals surface area contributed by atoms with Crippen molar-refractivity contribution in [2.45, 2.75) is 78.1 Å². The standard InChI is InChI=1S/C27H32FN5O3/c1-16-13-19(14-17(2)23(16)27(28)8-9-27)33-24(32-12-10-29-21(32)15-34)22-18(3)31(11-7-20(22)30-33)25(35)36-26(4,5)6/h10,12-14,18,29H,7-9,11H2,1-6H3/t18-/m0/s1. The fourth-order valence-corrected chi connectivity index (χ4v) is 5.35. The number of nitrogens with zero attached hydrogens (tertiary/aromatic N) is 4. The van der Waals surface area contributed by atoms with Gasteiger partial charge in [0.05, 0.1) is 17.4 Å². The minimum atomic E-state index is -1.24. The smallest absolute Gasteiger partial charge is 0.410 e. The maximum Gasteiger partial charge on any atom is 0.410 e. The van der Waals surface area contributed by atoms with E-state index in [1.54, 1.807) is 26.9 Å². The van der Waals surface area contributed by atoms with Crippen LogP contribution in [0.2, 0.25) is 0 Å². The van der Waals surface area contributed by atoms with Crippen LogP contribution in [0.15, 0.2) is 30.4 Å². The molecule has 190 valence electrons. The zero-order valence-corrected chi connectivity index (χ0v) is 21.6. The number of fused-ring (bicyclic) bond motifs is 1. The highest BCUT2D eigenvalue weighted by Crippen LogP contribution is 2.52. The number of hydrogen-bond donors (Lipinski definition) is 1. The van der Waals surface area contributed by atoms with Crippen molar-refractivity contribution in [1.82, 2.24) is 20.0 Å². The SMILES string of the molecule is Cc1cc(-n2nc3c(c2N2C=CNC2=C=O)[C@H](C)N(C(=O)OC(C)(C)C)CC3)cc(C)c1C1(F)CC1. The van der Waals surface area contributed by atoms with E-state index in [1.807, 2.05) is 59.6 Å². The van der Waals surface area contributed by atoms with Crippen molar-refractivity contribution in [3.63, 3.8) is 0 Å².